The Hall–Kier alpha value is -1.35. The van der Waals surface area contributed by atoms with Crippen LogP contribution in [0.4, 0.5) is 0 Å². The zero-order chi connectivity index (χ0) is 11.8. The second kappa shape index (κ2) is 4.15. The van der Waals surface area contributed by atoms with Crippen molar-refractivity contribution in [2.45, 2.75) is 25.7 Å². The summed E-state index contributed by atoms with van der Waals surface area (Å²) in [6, 6.07) is 4.27. The molecule has 17 heavy (non-hydrogen) atoms. The van der Waals surface area contributed by atoms with Crippen LogP contribution < -0.4 is 5.32 Å². The summed E-state index contributed by atoms with van der Waals surface area (Å²) in [6.45, 7) is 4.33. The molecule has 0 bridgehead atoms. The number of aromatic nitrogens is 2. The van der Waals surface area contributed by atoms with Crippen molar-refractivity contribution in [1.82, 2.24) is 14.9 Å². The summed E-state index contributed by atoms with van der Waals surface area (Å²) < 4.78 is 2.21. The fourth-order valence-electron chi connectivity index (χ4n) is 2.82. The summed E-state index contributed by atoms with van der Waals surface area (Å²) in [7, 11) is 2.12. The van der Waals surface area contributed by atoms with E-state index in [0.717, 1.165) is 18.8 Å². The first-order valence-electron chi connectivity index (χ1n) is 6.39. The Bertz CT molecular complexity index is 536. The molecule has 2 aromatic rings. The SMILES string of the molecule is Cc1ccc2c(n1)c(C1CCNCC1)cn2C. The third-order valence-corrected chi connectivity index (χ3v) is 3.78. The molecule has 0 aliphatic carbocycles. The number of fused-ring (bicyclic) bond motifs is 1. The fraction of sp³-hybridized carbons (Fsp3) is 0.500. The van der Waals surface area contributed by atoms with Gasteiger partial charge in [0.05, 0.1) is 11.0 Å². The van der Waals surface area contributed by atoms with Gasteiger partial charge in [0.2, 0.25) is 0 Å². The maximum absolute atomic E-state index is 4.73. The first-order valence-corrected chi connectivity index (χ1v) is 6.39. The third kappa shape index (κ3) is 1.84. The summed E-state index contributed by atoms with van der Waals surface area (Å²) in [4.78, 5) is 4.73. The van der Waals surface area contributed by atoms with Gasteiger partial charge >= 0.3 is 0 Å². The monoisotopic (exact) mass is 229 g/mol. The van der Waals surface area contributed by atoms with Crippen molar-refractivity contribution in [3.05, 3.63) is 29.6 Å². The lowest BCUT2D eigenvalue weighted by Gasteiger charge is -2.21. The van der Waals surface area contributed by atoms with Crippen molar-refractivity contribution in [3.63, 3.8) is 0 Å². The van der Waals surface area contributed by atoms with E-state index in [1.807, 2.05) is 0 Å². The highest BCUT2D eigenvalue weighted by Gasteiger charge is 2.20. The van der Waals surface area contributed by atoms with Crippen LogP contribution >= 0.6 is 0 Å². The molecule has 3 nitrogen and oxygen atoms in total. The van der Waals surface area contributed by atoms with Crippen molar-refractivity contribution in [2.75, 3.05) is 13.1 Å². The molecule has 1 saturated heterocycles. The molecule has 0 radical (unpaired) electrons. The van der Waals surface area contributed by atoms with E-state index in [2.05, 4.69) is 42.2 Å². The second-order valence-corrected chi connectivity index (χ2v) is 5.04. The molecule has 3 heterocycles. The number of nitrogens with one attached hydrogen (secondary N) is 1. The van der Waals surface area contributed by atoms with Gasteiger partial charge in [-0.2, -0.15) is 0 Å². The zero-order valence-electron chi connectivity index (χ0n) is 10.5. The molecule has 0 atom stereocenters. The van der Waals surface area contributed by atoms with Crippen molar-refractivity contribution < 1.29 is 0 Å². The Labute approximate surface area is 102 Å². The topological polar surface area (TPSA) is 29.9 Å². The number of pyridine rings is 1. The van der Waals surface area contributed by atoms with E-state index in [4.69, 9.17) is 4.98 Å². The molecule has 0 unspecified atom stereocenters. The minimum Gasteiger partial charge on any atom is -0.349 e. The first kappa shape index (κ1) is 10.8. The van der Waals surface area contributed by atoms with Crippen LogP contribution in [0.2, 0.25) is 0 Å². The smallest absolute Gasteiger partial charge is 0.0918 e. The van der Waals surface area contributed by atoms with Crippen LogP contribution in [0.15, 0.2) is 18.3 Å². The maximum atomic E-state index is 4.73. The zero-order valence-corrected chi connectivity index (χ0v) is 10.5. The maximum Gasteiger partial charge on any atom is 0.0918 e. The van der Waals surface area contributed by atoms with Crippen LogP contribution in [-0.4, -0.2) is 22.6 Å². The van der Waals surface area contributed by atoms with E-state index >= 15 is 0 Å². The van der Waals surface area contributed by atoms with Gasteiger partial charge < -0.3 is 9.88 Å². The largest absolute Gasteiger partial charge is 0.349 e. The summed E-state index contributed by atoms with van der Waals surface area (Å²) >= 11 is 0. The number of hydrogen-bond donors (Lipinski definition) is 1. The lowest BCUT2D eigenvalue weighted by atomic mass is 9.91. The molecule has 1 fully saturated rings. The second-order valence-electron chi connectivity index (χ2n) is 5.04. The van der Waals surface area contributed by atoms with Crippen LogP contribution in [-0.2, 0) is 7.05 Å². The molecule has 0 amide bonds. The predicted octanol–water partition coefficient (Wildman–Crippen LogP) is 2.35. The molecule has 3 rings (SSSR count). The van der Waals surface area contributed by atoms with Crippen molar-refractivity contribution in [1.29, 1.82) is 0 Å². The standard InChI is InChI=1S/C14H19N3/c1-10-3-4-13-14(16-10)12(9-17(13)2)11-5-7-15-8-6-11/h3-4,9,11,15H,5-8H2,1-2H3. The van der Waals surface area contributed by atoms with E-state index < -0.39 is 0 Å². The van der Waals surface area contributed by atoms with Crippen LogP contribution in [0.25, 0.3) is 11.0 Å². The molecule has 1 N–H and O–H groups in total. The summed E-state index contributed by atoms with van der Waals surface area (Å²) in [5.41, 5.74) is 5.01. The van der Waals surface area contributed by atoms with Gasteiger partial charge in [-0.1, -0.05) is 0 Å². The lowest BCUT2D eigenvalue weighted by molar-refractivity contribution is 0.461. The van der Waals surface area contributed by atoms with Gasteiger partial charge in [0, 0.05) is 18.9 Å². The highest BCUT2D eigenvalue weighted by molar-refractivity contribution is 5.80. The number of rotatable bonds is 1. The Balaban J connectivity index is 2.11. The molecule has 0 spiro atoms. The Morgan fingerprint density at radius 2 is 2.06 bits per heavy atom. The number of piperidine rings is 1. The summed E-state index contributed by atoms with van der Waals surface area (Å²) in [6.07, 6.45) is 4.73. The predicted molar refractivity (Wildman–Crippen MR) is 70.3 cm³/mol. The van der Waals surface area contributed by atoms with Crippen molar-refractivity contribution in [2.24, 2.45) is 7.05 Å². The van der Waals surface area contributed by atoms with Gasteiger partial charge in [-0.15, -0.1) is 0 Å². The molecule has 1 aliphatic heterocycles. The molecule has 90 valence electrons. The minimum atomic E-state index is 0.675. The van der Waals surface area contributed by atoms with E-state index in [1.165, 1.54) is 29.4 Å². The average Bonchev–Trinajstić information content (AvgIpc) is 2.67. The number of nitrogens with zero attached hydrogens (tertiary/aromatic N) is 2. The van der Waals surface area contributed by atoms with E-state index in [1.54, 1.807) is 0 Å². The Morgan fingerprint density at radius 1 is 1.29 bits per heavy atom. The quantitative estimate of drug-likeness (QED) is 0.813. The highest BCUT2D eigenvalue weighted by atomic mass is 14.9. The van der Waals surface area contributed by atoms with Crippen molar-refractivity contribution >= 4 is 11.0 Å². The molecule has 2 aromatic heterocycles. The highest BCUT2D eigenvalue weighted by Crippen LogP contribution is 2.31. The molecule has 0 aromatic carbocycles. The van der Waals surface area contributed by atoms with Crippen LogP contribution in [0.5, 0.6) is 0 Å². The molecule has 0 saturated carbocycles. The number of hydrogen-bond acceptors (Lipinski definition) is 2. The lowest BCUT2D eigenvalue weighted by Crippen LogP contribution is -2.26. The fourth-order valence-corrected chi connectivity index (χ4v) is 2.82. The van der Waals surface area contributed by atoms with Gasteiger partial charge in [0.25, 0.3) is 0 Å². The first-order chi connectivity index (χ1) is 8.25. The Kier molecular flexibility index (Phi) is 2.63. The van der Waals surface area contributed by atoms with Gasteiger partial charge in [-0.3, -0.25) is 4.98 Å². The van der Waals surface area contributed by atoms with Crippen LogP contribution in [0, 0.1) is 6.92 Å². The third-order valence-electron chi connectivity index (χ3n) is 3.78. The van der Waals surface area contributed by atoms with Crippen LogP contribution in [0.1, 0.15) is 30.0 Å². The van der Waals surface area contributed by atoms with Crippen LogP contribution in [0.3, 0.4) is 0 Å². The van der Waals surface area contributed by atoms with Gasteiger partial charge in [-0.05, 0) is 56.5 Å². The van der Waals surface area contributed by atoms with Gasteiger partial charge in [0.1, 0.15) is 0 Å². The number of aryl methyl sites for hydroxylation is 2. The molecular formula is C14H19N3. The van der Waals surface area contributed by atoms with E-state index in [9.17, 15) is 0 Å². The van der Waals surface area contributed by atoms with E-state index in [0.29, 0.717) is 5.92 Å². The summed E-state index contributed by atoms with van der Waals surface area (Å²) in [5, 5.41) is 3.42. The van der Waals surface area contributed by atoms with E-state index in [-0.39, 0.29) is 0 Å². The van der Waals surface area contributed by atoms with Crippen molar-refractivity contribution in [3.8, 4) is 0 Å². The molecule has 1 aliphatic rings. The normalized spacial score (nSPS) is 17.8. The minimum absolute atomic E-state index is 0.675. The molecular weight excluding hydrogens is 210 g/mol. The van der Waals surface area contributed by atoms with Gasteiger partial charge in [-0.25, -0.2) is 0 Å². The Morgan fingerprint density at radius 3 is 2.82 bits per heavy atom. The van der Waals surface area contributed by atoms with Gasteiger partial charge in [0.15, 0.2) is 0 Å². The molecule has 3 heteroatoms. The summed E-state index contributed by atoms with van der Waals surface area (Å²) in [5.74, 6) is 0.675. The average molecular weight is 229 g/mol.